The van der Waals surface area contributed by atoms with Crippen LogP contribution in [0.5, 0.6) is 0 Å². The van der Waals surface area contributed by atoms with Crippen molar-refractivity contribution in [2.75, 3.05) is 18.0 Å². The number of anilines is 1. The first kappa shape index (κ1) is 14.8. The van der Waals surface area contributed by atoms with Crippen LogP contribution in [0.4, 0.5) is 5.00 Å². The maximum atomic E-state index is 8.82. The van der Waals surface area contributed by atoms with Gasteiger partial charge in [0.25, 0.3) is 0 Å². The van der Waals surface area contributed by atoms with E-state index in [1.54, 1.807) is 17.4 Å². The lowest BCUT2D eigenvalue weighted by molar-refractivity contribution is 0.580. The molecule has 0 aliphatic carbocycles. The number of piperidine rings is 1. The minimum Gasteiger partial charge on any atom is -0.363 e. The van der Waals surface area contributed by atoms with Gasteiger partial charge in [-0.3, -0.25) is 0 Å². The van der Waals surface area contributed by atoms with Crippen LogP contribution < -0.4 is 4.90 Å². The van der Waals surface area contributed by atoms with Crippen LogP contribution in [0.1, 0.15) is 24.1 Å². The summed E-state index contributed by atoms with van der Waals surface area (Å²) < 4.78 is 0. The van der Waals surface area contributed by atoms with E-state index >= 15 is 0 Å². The highest BCUT2D eigenvalue weighted by Crippen LogP contribution is 2.38. The van der Waals surface area contributed by atoms with Crippen LogP contribution in [-0.4, -0.2) is 13.1 Å². The lowest BCUT2D eigenvalue weighted by Crippen LogP contribution is -2.28. The van der Waals surface area contributed by atoms with Gasteiger partial charge in [0.1, 0.15) is 17.7 Å². The molecule has 2 aromatic rings. The molecule has 0 N–H and O–H groups in total. The zero-order valence-corrected chi connectivity index (χ0v) is 13.7. The molecular formula is C17H15N3S2. The van der Waals surface area contributed by atoms with Crippen molar-refractivity contribution in [1.29, 1.82) is 10.5 Å². The van der Waals surface area contributed by atoms with Crippen LogP contribution in [0.2, 0.25) is 0 Å². The number of hydrogen-bond donors (Lipinski definition) is 0. The Labute approximate surface area is 138 Å². The molecule has 0 radical (unpaired) electrons. The molecule has 3 nitrogen and oxygen atoms in total. The molecule has 1 aliphatic heterocycles. The number of nitrogens with zero attached hydrogens (tertiary/aromatic N) is 3. The summed E-state index contributed by atoms with van der Waals surface area (Å²) in [5.41, 5.74) is 0.147. The standard InChI is InChI=1S/C17H15N3S2/c18-11-13(12-19)10-14-4-5-15(21-14)16-6-7-17(22-16)20-8-2-1-3-9-20/h4-7,10H,1-3,8-9H2. The Balaban J connectivity index is 1.80. The highest BCUT2D eigenvalue weighted by Gasteiger charge is 2.14. The van der Waals surface area contributed by atoms with Crippen molar-refractivity contribution in [3.63, 3.8) is 0 Å². The second-order valence-corrected chi connectivity index (χ2v) is 7.35. The molecule has 0 saturated carbocycles. The zero-order valence-electron chi connectivity index (χ0n) is 12.1. The average molecular weight is 325 g/mol. The van der Waals surface area contributed by atoms with Gasteiger partial charge in [0.2, 0.25) is 0 Å². The number of nitriles is 2. The molecule has 0 bridgehead atoms. The van der Waals surface area contributed by atoms with Crippen LogP contribution in [0, 0.1) is 22.7 Å². The number of rotatable bonds is 3. The van der Waals surface area contributed by atoms with Gasteiger partial charge in [-0.25, -0.2) is 0 Å². The zero-order chi connectivity index (χ0) is 15.4. The predicted octanol–water partition coefficient (Wildman–Crippen LogP) is 4.90. The van der Waals surface area contributed by atoms with Crippen molar-refractivity contribution < 1.29 is 0 Å². The van der Waals surface area contributed by atoms with E-state index in [1.165, 1.54) is 34.0 Å². The van der Waals surface area contributed by atoms with E-state index in [-0.39, 0.29) is 5.57 Å². The van der Waals surface area contributed by atoms with E-state index in [9.17, 15) is 0 Å². The monoisotopic (exact) mass is 325 g/mol. The third-order valence-electron chi connectivity index (χ3n) is 3.66. The third kappa shape index (κ3) is 3.22. The van der Waals surface area contributed by atoms with Crippen LogP contribution in [-0.2, 0) is 0 Å². The van der Waals surface area contributed by atoms with E-state index in [1.807, 2.05) is 29.5 Å². The molecule has 0 aromatic carbocycles. The van der Waals surface area contributed by atoms with E-state index < -0.39 is 0 Å². The normalized spacial score (nSPS) is 14.2. The van der Waals surface area contributed by atoms with Crippen molar-refractivity contribution in [3.05, 3.63) is 34.7 Å². The highest BCUT2D eigenvalue weighted by molar-refractivity contribution is 7.24. The number of allylic oxidation sites excluding steroid dienone is 1. The third-order valence-corrected chi connectivity index (χ3v) is 6.03. The fourth-order valence-corrected chi connectivity index (χ4v) is 4.64. The molecule has 2 aromatic heterocycles. The SMILES string of the molecule is N#CC(C#N)=Cc1ccc(-c2ccc(N3CCCCC3)s2)s1. The average Bonchev–Trinajstić information content (AvgIpc) is 3.22. The van der Waals surface area contributed by atoms with E-state index in [0.717, 1.165) is 18.0 Å². The molecule has 0 atom stereocenters. The minimum atomic E-state index is 0.147. The predicted molar refractivity (Wildman–Crippen MR) is 92.9 cm³/mol. The first-order chi connectivity index (χ1) is 10.8. The van der Waals surface area contributed by atoms with Crippen molar-refractivity contribution in [1.82, 2.24) is 0 Å². The molecule has 3 rings (SSSR count). The van der Waals surface area contributed by atoms with Gasteiger partial charge in [-0.15, -0.1) is 22.7 Å². The van der Waals surface area contributed by atoms with Crippen LogP contribution >= 0.6 is 22.7 Å². The molecule has 0 unspecified atom stereocenters. The highest BCUT2D eigenvalue weighted by atomic mass is 32.1. The van der Waals surface area contributed by atoms with Crippen LogP contribution in [0.25, 0.3) is 15.8 Å². The molecule has 22 heavy (non-hydrogen) atoms. The Morgan fingerprint density at radius 2 is 1.64 bits per heavy atom. The van der Waals surface area contributed by atoms with Gasteiger partial charge >= 0.3 is 0 Å². The summed E-state index contributed by atoms with van der Waals surface area (Å²) in [6, 6.07) is 12.2. The Morgan fingerprint density at radius 3 is 2.36 bits per heavy atom. The maximum Gasteiger partial charge on any atom is 0.131 e. The Hall–Kier alpha value is -2.08. The summed E-state index contributed by atoms with van der Waals surface area (Å²) >= 11 is 3.44. The number of thiophene rings is 2. The van der Waals surface area contributed by atoms with E-state index in [4.69, 9.17) is 10.5 Å². The largest absolute Gasteiger partial charge is 0.363 e. The molecule has 1 saturated heterocycles. The van der Waals surface area contributed by atoms with Gasteiger partial charge in [0.05, 0.1) is 5.00 Å². The van der Waals surface area contributed by atoms with Gasteiger partial charge in [0.15, 0.2) is 0 Å². The molecule has 1 fully saturated rings. The Morgan fingerprint density at radius 1 is 0.955 bits per heavy atom. The second kappa shape index (κ2) is 6.79. The summed E-state index contributed by atoms with van der Waals surface area (Å²) in [7, 11) is 0. The van der Waals surface area contributed by atoms with Crippen molar-refractivity contribution in [2.45, 2.75) is 19.3 Å². The minimum absolute atomic E-state index is 0.147. The fourth-order valence-electron chi connectivity index (χ4n) is 2.54. The molecule has 0 spiro atoms. The fraction of sp³-hybridized carbons (Fsp3) is 0.294. The van der Waals surface area contributed by atoms with Gasteiger partial charge in [0, 0.05) is 27.7 Å². The smallest absolute Gasteiger partial charge is 0.131 e. The molecule has 5 heteroatoms. The molecular weight excluding hydrogens is 310 g/mol. The van der Waals surface area contributed by atoms with Crippen molar-refractivity contribution in [3.8, 4) is 21.9 Å². The Kier molecular flexibility index (Phi) is 4.58. The molecule has 1 aliphatic rings. The first-order valence-corrected chi connectivity index (χ1v) is 8.90. The molecule has 110 valence electrons. The van der Waals surface area contributed by atoms with Crippen molar-refractivity contribution >= 4 is 33.8 Å². The van der Waals surface area contributed by atoms with Gasteiger partial charge in [-0.1, -0.05) is 0 Å². The lowest BCUT2D eigenvalue weighted by atomic mass is 10.1. The van der Waals surface area contributed by atoms with Gasteiger partial charge in [-0.2, -0.15) is 10.5 Å². The van der Waals surface area contributed by atoms with Crippen molar-refractivity contribution in [2.24, 2.45) is 0 Å². The van der Waals surface area contributed by atoms with Gasteiger partial charge in [-0.05, 0) is 49.6 Å². The summed E-state index contributed by atoms with van der Waals surface area (Å²) in [6.07, 6.45) is 5.56. The quantitative estimate of drug-likeness (QED) is 0.754. The maximum absolute atomic E-state index is 8.82. The van der Waals surface area contributed by atoms with Gasteiger partial charge < -0.3 is 4.90 Å². The number of hydrogen-bond acceptors (Lipinski definition) is 5. The molecule has 3 heterocycles. The Bertz CT molecular complexity index is 748. The topological polar surface area (TPSA) is 50.8 Å². The summed E-state index contributed by atoms with van der Waals surface area (Å²) in [4.78, 5) is 5.85. The molecule has 0 amide bonds. The second-order valence-electron chi connectivity index (χ2n) is 5.17. The van der Waals surface area contributed by atoms with Crippen LogP contribution in [0.15, 0.2) is 29.8 Å². The lowest BCUT2D eigenvalue weighted by Gasteiger charge is -2.27. The summed E-state index contributed by atoms with van der Waals surface area (Å²) in [5.74, 6) is 0. The summed E-state index contributed by atoms with van der Waals surface area (Å²) in [5, 5.41) is 19.0. The first-order valence-electron chi connectivity index (χ1n) is 7.27. The van der Waals surface area contributed by atoms with Crippen LogP contribution in [0.3, 0.4) is 0 Å². The summed E-state index contributed by atoms with van der Waals surface area (Å²) in [6.45, 7) is 2.32. The van der Waals surface area contributed by atoms with E-state index in [0.29, 0.717) is 0 Å². The van der Waals surface area contributed by atoms with E-state index in [2.05, 4.69) is 23.1 Å².